The van der Waals surface area contributed by atoms with Gasteiger partial charge in [0, 0.05) is 16.8 Å². The molecule has 1 aromatic carbocycles. The molecule has 0 bridgehead atoms. The molecular weight excluding hydrogens is 284 g/mol. The Balaban J connectivity index is 1.58. The number of likely N-dealkylation sites (tertiary alicyclic amines) is 1. The summed E-state index contributed by atoms with van der Waals surface area (Å²) in [4.78, 5) is 14.7. The number of fused-ring (bicyclic) bond motifs is 1. The number of hydrogen-bond acceptors (Lipinski definition) is 2. The Morgan fingerprint density at radius 2 is 2.05 bits per heavy atom. The third-order valence-corrected chi connectivity index (χ3v) is 5.05. The summed E-state index contributed by atoms with van der Waals surface area (Å²) in [6.45, 7) is 1.57. The van der Waals surface area contributed by atoms with Crippen molar-refractivity contribution in [3.05, 3.63) is 29.3 Å². The zero-order valence-corrected chi connectivity index (χ0v) is 13.1. The van der Waals surface area contributed by atoms with Crippen LogP contribution in [0.25, 0.3) is 0 Å². The number of hydrogen-bond donors (Lipinski definition) is 1. The SMILES string of the molecule is O=C(CN1CCC[C@@H]2CCCC[C@@H]21)Nc1cccc(Cl)c1. The summed E-state index contributed by atoms with van der Waals surface area (Å²) < 4.78 is 0. The van der Waals surface area contributed by atoms with E-state index in [9.17, 15) is 4.79 Å². The van der Waals surface area contributed by atoms with E-state index >= 15 is 0 Å². The van der Waals surface area contributed by atoms with E-state index in [0.29, 0.717) is 17.6 Å². The second kappa shape index (κ2) is 6.80. The van der Waals surface area contributed by atoms with Gasteiger partial charge in [0.15, 0.2) is 0 Å². The second-order valence-corrected chi connectivity index (χ2v) is 6.72. The van der Waals surface area contributed by atoms with Crippen LogP contribution in [0.3, 0.4) is 0 Å². The molecule has 21 heavy (non-hydrogen) atoms. The number of nitrogens with zero attached hydrogens (tertiary/aromatic N) is 1. The smallest absolute Gasteiger partial charge is 0.238 e. The van der Waals surface area contributed by atoms with E-state index in [2.05, 4.69) is 10.2 Å². The average molecular weight is 307 g/mol. The largest absolute Gasteiger partial charge is 0.325 e. The van der Waals surface area contributed by atoms with Gasteiger partial charge in [-0.2, -0.15) is 0 Å². The Morgan fingerprint density at radius 3 is 2.90 bits per heavy atom. The first kappa shape index (κ1) is 14.9. The first-order valence-corrected chi connectivity index (χ1v) is 8.39. The molecule has 114 valence electrons. The lowest BCUT2D eigenvalue weighted by Gasteiger charge is -2.43. The lowest BCUT2D eigenvalue weighted by molar-refractivity contribution is -0.118. The van der Waals surface area contributed by atoms with Crippen molar-refractivity contribution in [1.29, 1.82) is 0 Å². The van der Waals surface area contributed by atoms with Gasteiger partial charge in [0.05, 0.1) is 6.54 Å². The number of nitrogens with one attached hydrogen (secondary N) is 1. The zero-order chi connectivity index (χ0) is 14.7. The normalized spacial score (nSPS) is 26.1. The lowest BCUT2D eigenvalue weighted by Crippen LogP contribution is -2.49. The number of carbonyl (C=O) groups is 1. The van der Waals surface area contributed by atoms with Crippen molar-refractivity contribution in [2.75, 3.05) is 18.4 Å². The van der Waals surface area contributed by atoms with E-state index in [4.69, 9.17) is 11.6 Å². The summed E-state index contributed by atoms with van der Waals surface area (Å²) in [5.74, 6) is 0.884. The number of carbonyl (C=O) groups excluding carboxylic acids is 1. The molecule has 0 unspecified atom stereocenters. The molecule has 2 fully saturated rings. The van der Waals surface area contributed by atoms with Crippen molar-refractivity contribution in [3.63, 3.8) is 0 Å². The Hall–Kier alpha value is -1.06. The fourth-order valence-electron chi connectivity index (χ4n) is 3.88. The van der Waals surface area contributed by atoms with Crippen LogP contribution in [0.4, 0.5) is 5.69 Å². The highest BCUT2D eigenvalue weighted by Crippen LogP contribution is 2.35. The summed E-state index contributed by atoms with van der Waals surface area (Å²) in [6, 6.07) is 7.96. The van der Waals surface area contributed by atoms with E-state index in [1.165, 1.54) is 38.5 Å². The fraction of sp³-hybridized carbons (Fsp3) is 0.588. The second-order valence-electron chi connectivity index (χ2n) is 6.28. The van der Waals surface area contributed by atoms with E-state index in [1.54, 1.807) is 6.07 Å². The minimum Gasteiger partial charge on any atom is -0.325 e. The van der Waals surface area contributed by atoms with Gasteiger partial charge >= 0.3 is 0 Å². The van der Waals surface area contributed by atoms with E-state index in [-0.39, 0.29) is 5.91 Å². The van der Waals surface area contributed by atoms with Gasteiger partial charge in [0.1, 0.15) is 0 Å². The number of anilines is 1. The molecule has 0 radical (unpaired) electrons. The first-order chi connectivity index (χ1) is 10.2. The van der Waals surface area contributed by atoms with Crippen molar-refractivity contribution >= 4 is 23.2 Å². The predicted octanol–water partition coefficient (Wildman–Crippen LogP) is 3.93. The number of rotatable bonds is 3. The summed E-state index contributed by atoms with van der Waals surface area (Å²) >= 11 is 5.95. The zero-order valence-electron chi connectivity index (χ0n) is 12.4. The van der Waals surface area contributed by atoms with Crippen LogP contribution in [0.1, 0.15) is 38.5 Å². The summed E-state index contributed by atoms with van der Waals surface area (Å²) in [5, 5.41) is 3.61. The highest BCUT2D eigenvalue weighted by molar-refractivity contribution is 6.30. The molecular formula is C17H23ClN2O. The maximum absolute atomic E-state index is 12.3. The van der Waals surface area contributed by atoms with Crippen LogP contribution in [0, 0.1) is 5.92 Å². The fourth-order valence-corrected chi connectivity index (χ4v) is 4.07. The van der Waals surface area contributed by atoms with E-state index < -0.39 is 0 Å². The Labute approximate surface area is 131 Å². The van der Waals surface area contributed by atoms with E-state index in [0.717, 1.165) is 18.2 Å². The minimum absolute atomic E-state index is 0.0727. The highest BCUT2D eigenvalue weighted by Gasteiger charge is 2.33. The van der Waals surface area contributed by atoms with Crippen LogP contribution >= 0.6 is 11.6 Å². The van der Waals surface area contributed by atoms with Crippen molar-refractivity contribution in [1.82, 2.24) is 4.90 Å². The maximum atomic E-state index is 12.3. The van der Waals surface area contributed by atoms with Crippen LogP contribution in [-0.4, -0.2) is 29.9 Å². The lowest BCUT2D eigenvalue weighted by atomic mass is 9.78. The monoisotopic (exact) mass is 306 g/mol. The summed E-state index contributed by atoms with van der Waals surface area (Å²) in [5.41, 5.74) is 0.782. The summed E-state index contributed by atoms with van der Waals surface area (Å²) in [7, 11) is 0. The van der Waals surface area contributed by atoms with Crippen molar-refractivity contribution in [3.8, 4) is 0 Å². The van der Waals surface area contributed by atoms with Crippen LogP contribution in [-0.2, 0) is 4.79 Å². The Morgan fingerprint density at radius 1 is 1.24 bits per heavy atom. The third kappa shape index (κ3) is 3.78. The molecule has 2 atom stereocenters. The summed E-state index contributed by atoms with van der Waals surface area (Å²) in [6.07, 6.45) is 7.85. The van der Waals surface area contributed by atoms with Gasteiger partial charge in [-0.3, -0.25) is 9.69 Å². The van der Waals surface area contributed by atoms with Gasteiger partial charge in [-0.15, -0.1) is 0 Å². The molecule has 1 heterocycles. The molecule has 1 N–H and O–H groups in total. The quantitative estimate of drug-likeness (QED) is 0.917. The molecule has 1 aliphatic heterocycles. The molecule has 0 aromatic heterocycles. The molecule has 1 saturated heterocycles. The molecule has 3 nitrogen and oxygen atoms in total. The topological polar surface area (TPSA) is 32.3 Å². The molecule has 1 amide bonds. The molecule has 1 aromatic rings. The molecule has 4 heteroatoms. The van der Waals surface area contributed by atoms with Crippen LogP contribution in [0.5, 0.6) is 0 Å². The highest BCUT2D eigenvalue weighted by atomic mass is 35.5. The minimum atomic E-state index is 0.0727. The number of amides is 1. The third-order valence-electron chi connectivity index (χ3n) is 4.81. The van der Waals surface area contributed by atoms with Crippen molar-refractivity contribution in [2.45, 2.75) is 44.6 Å². The predicted molar refractivity (Wildman–Crippen MR) is 86.6 cm³/mol. The van der Waals surface area contributed by atoms with Crippen LogP contribution < -0.4 is 5.32 Å². The number of benzene rings is 1. The average Bonchev–Trinajstić information content (AvgIpc) is 2.47. The molecule has 1 saturated carbocycles. The van der Waals surface area contributed by atoms with Crippen LogP contribution in [0.2, 0.25) is 5.02 Å². The molecule has 0 spiro atoms. The van der Waals surface area contributed by atoms with Crippen LogP contribution in [0.15, 0.2) is 24.3 Å². The first-order valence-electron chi connectivity index (χ1n) is 8.02. The number of piperidine rings is 1. The maximum Gasteiger partial charge on any atom is 0.238 e. The van der Waals surface area contributed by atoms with Gasteiger partial charge in [-0.1, -0.05) is 30.5 Å². The Bertz CT molecular complexity index is 503. The molecule has 2 aliphatic rings. The Kier molecular flexibility index (Phi) is 4.81. The standard InChI is InChI=1S/C17H23ClN2O/c18-14-7-3-8-15(11-14)19-17(21)12-20-10-4-6-13-5-1-2-9-16(13)20/h3,7-8,11,13,16H,1-2,4-6,9-10,12H2,(H,19,21)/t13-,16-/m0/s1. The molecule has 3 rings (SSSR count). The van der Waals surface area contributed by atoms with E-state index in [1.807, 2.05) is 18.2 Å². The van der Waals surface area contributed by atoms with Gasteiger partial charge in [-0.05, 0) is 56.3 Å². The molecule has 1 aliphatic carbocycles. The number of halogens is 1. The van der Waals surface area contributed by atoms with Crippen molar-refractivity contribution < 1.29 is 4.79 Å². The van der Waals surface area contributed by atoms with Gasteiger partial charge in [0.25, 0.3) is 0 Å². The van der Waals surface area contributed by atoms with Crippen molar-refractivity contribution in [2.24, 2.45) is 5.92 Å². The van der Waals surface area contributed by atoms with Gasteiger partial charge in [-0.25, -0.2) is 0 Å². The van der Waals surface area contributed by atoms with Gasteiger partial charge < -0.3 is 5.32 Å². The van der Waals surface area contributed by atoms with Gasteiger partial charge in [0.2, 0.25) is 5.91 Å².